The molecule has 126 valence electrons. The van der Waals surface area contributed by atoms with Crippen LogP contribution >= 0.6 is 0 Å². The second-order valence-electron chi connectivity index (χ2n) is 6.40. The molecule has 2 aliphatic heterocycles. The quantitative estimate of drug-likeness (QED) is 0.861. The number of hydrogen-bond donors (Lipinski definition) is 1. The largest absolute Gasteiger partial charge is 0.356 e. The van der Waals surface area contributed by atoms with Gasteiger partial charge >= 0.3 is 0 Å². The van der Waals surface area contributed by atoms with Gasteiger partial charge in [-0.25, -0.2) is 8.42 Å². The zero-order chi connectivity index (χ0) is 16.5. The summed E-state index contributed by atoms with van der Waals surface area (Å²) in [5, 5.41) is 2.89. The molecule has 1 amide bonds. The average molecular weight is 337 g/mol. The van der Waals surface area contributed by atoms with E-state index in [2.05, 4.69) is 10.2 Å². The smallest absolute Gasteiger partial charge is 0.243 e. The Balaban J connectivity index is 1.87. The van der Waals surface area contributed by atoms with Crippen molar-refractivity contribution < 1.29 is 13.2 Å². The first-order valence-electron chi connectivity index (χ1n) is 7.97. The zero-order valence-corrected chi connectivity index (χ0v) is 14.2. The summed E-state index contributed by atoms with van der Waals surface area (Å²) in [6.45, 7) is 2.20. The van der Waals surface area contributed by atoms with Crippen molar-refractivity contribution in [2.24, 2.45) is 0 Å². The summed E-state index contributed by atoms with van der Waals surface area (Å²) >= 11 is 0. The fraction of sp³-hybridized carbons (Fsp3) is 0.562. The maximum atomic E-state index is 12.9. The lowest BCUT2D eigenvalue weighted by Crippen LogP contribution is -2.62. The Morgan fingerprint density at radius 3 is 2.61 bits per heavy atom. The monoisotopic (exact) mass is 337 g/mol. The fourth-order valence-electron chi connectivity index (χ4n) is 3.51. The third kappa shape index (κ3) is 3.13. The van der Waals surface area contributed by atoms with Crippen molar-refractivity contribution in [3.8, 4) is 0 Å². The van der Waals surface area contributed by atoms with Gasteiger partial charge in [-0.3, -0.25) is 9.69 Å². The van der Waals surface area contributed by atoms with Crippen molar-refractivity contribution in [3.05, 3.63) is 30.3 Å². The molecule has 2 saturated heterocycles. The molecule has 0 aromatic heterocycles. The molecule has 1 aromatic rings. The highest BCUT2D eigenvalue weighted by atomic mass is 32.2. The number of carbonyl (C=O) groups excluding carboxylic acids is 1. The van der Waals surface area contributed by atoms with Gasteiger partial charge < -0.3 is 5.32 Å². The van der Waals surface area contributed by atoms with E-state index in [1.165, 1.54) is 0 Å². The van der Waals surface area contributed by atoms with E-state index in [0.717, 1.165) is 6.42 Å². The Kier molecular flexibility index (Phi) is 4.44. The molecule has 0 aliphatic carbocycles. The Morgan fingerprint density at radius 2 is 1.87 bits per heavy atom. The molecule has 7 heteroatoms. The van der Waals surface area contributed by atoms with Crippen LogP contribution < -0.4 is 5.32 Å². The average Bonchev–Trinajstić information content (AvgIpc) is 2.74. The molecule has 1 atom stereocenters. The zero-order valence-electron chi connectivity index (χ0n) is 13.4. The first kappa shape index (κ1) is 16.4. The highest BCUT2D eigenvalue weighted by molar-refractivity contribution is 7.89. The number of carbonyl (C=O) groups is 1. The van der Waals surface area contributed by atoms with E-state index >= 15 is 0 Å². The normalized spacial score (nSPS) is 27.6. The molecule has 1 N–H and O–H groups in total. The number of amides is 1. The molecule has 0 unspecified atom stereocenters. The van der Waals surface area contributed by atoms with Gasteiger partial charge in [-0.15, -0.1) is 0 Å². The number of likely N-dealkylation sites (N-methyl/N-ethyl adjacent to an activating group) is 1. The van der Waals surface area contributed by atoms with Gasteiger partial charge in [0.2, 0.25) is 15.9 Å². The predicted molar refractivity (Wildman–Crippen MR) is 87.4 cm³/mol. The molecular weight excluding hydrogens is 314 g/mol. The van der Waals surface area contributed by atoms with Gasteiger partial charge in [-0.05, 0) is 32.0 Å². The molecular formula is C16H23N3O3S. The summed E-state index contributed by atoms with van der Waals surface area (Å²) < 4.78 is 27.4. The van der Waals surface area contributed by atoms with Crippen LogP contribution in [0.4, 0.5) is 0 Å². The molecule has 2 heterocycles. The lowest BCUT2D eigenvalue weighted by Gasteiger charge is -2.48. The molecule has 2 aliphatic rings. The van der Waals surface area contributed by atoms with E-state index in [4.69, 9.17) is 0 Å². The third-order valence-electron chi connectivity index (χ3n) is 5.08. The maximum Gasteiger partial charge on any atom is 0.243 e. The van der Waals surface area contributed by atoms with E-state index in [1.54, 1.807) is 28.6 Å². The standard InChI is InChI=1S/C16H23N3O3S/c1-18-11-12-19(23(21,22)14-5-3-2-4-6-14)13-16(18)8-7-15(20)17-10-9-16/h2-6H,7-13H2,1H3,(H,17,20)/t16-/m0/s1. The molecule has 0 bridgehead atoms. The van der Waals surface area contributed by atoms with Gasteiger partial charge in [0.15, 0.2) is 0 Å². The van der Waals surface area contributed by atoms with Crippen LogP contribution in [0, 0.1) is 0 Å². The van der Waals surface area contributed by atoms with Crippen molar-refractivity contribution in [3.63, 3.8) is 0 Å². The van der Waals surface area contributed by atoms with Crippen LogP contribution in [0.15, 0.2) is 35.2 Å². The topological polar surface area (TPSA) is 69.7 Å². The molecule has 3 rings (SSSR count). The van der Waals surface area contributed by atoms with Crippen molar-refractivity contribution in [1.82, 2.24) is 14.5 Å². The molecule has 1 spiro atoms. The minimum absolute atomic E-state index is 0.0540. The first-order chi connectivity index (χ1) is 10.9. The number of nitrogens with one attached hydrogen (secondary N) is 1. The number of sulfonamides is 1. The summed E-state index contributed by atoms with van der Waals surface area (Å²) in [4.78, 5) is 14.2. The van der Waals surface area contributed by atoms with Crippen LogP contribution in [0.25, 0.3) is 0 Å². The van der Waals surface area contributed by atoms with E-state index in [1.807, 2.05) is 13.1 Å². The van der Waals surface area contributed by atoms with E-state index in [0.29, 0.717) is 43.9 Å². The second kappa shape index (κ2) is 6.22. The SMILES string of the molecule is CN1CCN(S(=O)(=O)c2ccccc2)C[C@]12CCNC(=O)CC2. The summed E-state index contributed by atoms with van der Waals surface area (Å²) in [7, 11) is -1.45. The van der Waals surface area contributed by atoms with Crippen LogP contribution in [0.1, 0.15) is 19.3 Å². The summed E-state index contributed by atoms with van der Waals surface area (Å²) in [6.07, 6.45) is 1.91. The molecule has 23 heavy (non-hydrogen) atoms. The van der Waals surface area contributed by atoms with Crippen LogP contribution in [-0.2, 0) is 14.8 Å². The van der Waals surface area contributed by atoms with Crippen LogP contribution in [0.5, 0.6) is 0 Å². The van der Waals surface area contributed by atoms with Crippen molar-refractivity contribution >= 4 is 15.9 Å². The van der Waals surface area contributed by atoms with Gasteiger partial charge in [0, 0.05) is 38.1 Å². The molecule has 1 aromatic carbocycles. The predicted octanol–water partition coefficient (Wildman–Crippen LogP) is 0.662. The van der Waals surface area contributed by atoms with Gasteiger partial charge in [0.25, 0.3) is 0 Å². The van der Waals surface area contributed by atoms with Crippen molar-refractivity contribution in [2.45, 2.75) is 29.7 Å². The summed E-state index contributed by atoms with van der Waals surface area (Å²) in [5.41, 5.74) is -0.265. The highest BCUT2D eigenvalue weighted by Crippen LogP contribution is 2.32. The van der Waals surface area contributed by atoms with Crippen molar-refractivity contribution in [1.29, 1.82) is 0 Å². The summed E-state index contributed by atoms with van der Waals surface area (Å²) in [6, 6.07) is 8.57. The van der Waals surface area contributed by atoms with Crippen molar-refractivity contribution in [2.75, 3.05) is 33.2 Å². The van der Waals surface area contributed by atoms with Crippen LogP contribution in [-0.4, -0.2) is 62.3 Å². The van der Waals surface area contributed by atoms with E-state index in [-0.39, 0.29) is 11.4 Å². The third-order valence-corrected chi connectivity index (χ3v) is 6.94. The van der Waals surface area contributed by atoms with E-state index in [9.17, 15) is 13.2 Å². The van der Waals surface area contributed by atoms with Crippen LogP contribution in [0.2, 0.25) is 0 Å². The molecule has 6 nitrogen and oxygen atoms in total. The fourth-order valence-corrected chi connectivity index (χ4v) is 5.04. The van der Waals surface area contributed by atoms with E-state index < -0.39 is 10.0 Å². The summed E-state index contributed by atoms with van der Waals surface area (Å²) in [5.74, 6) is 0.0540. The van der Waals surface area contributed by atoms with Gasteiger partial charge in [0.1, 0.15) is 0 Å². The number of rotatable bonds is 2. The number of nitrogens with zero attached hydrogens (tertiary/aromatic N) is 2. The number of piperazine rings is 1. The number of benzene rings is 1. The molecule has 0 saturated carbocycles. The first-order valence-corrected chi connectivity index (χ1v) is 9.41. The lowest BCUT2D eigenvalue weighted by molar-refractivity contribution is -0.121. The van der Waals surface area contributed by atoms with Gasteiger partial charge in [-0.1, -0.05) is 18.2 Å². The Bertz CT molecular complexity index is 677. The van der Waals surface area contributed by atoms with Gasteiger partial charge in [-0.2, -0.15) is 4.31 Å². The Morgan fingerprint density at radius 1 is 1.13 bits per heavy atom. The highest BCUT2D eigenvalue weighted by Gasteiger charge is 2.44. The minimum atomic E-state index is -3.48. The second-order valence-corrected chi connectivity index (χ2v) is 8.34. The Labute approximate surface area is 137 Å². The molecule has 0 radical (unpaired) electrons. The maximum absolute atomic E-state index is 12.9. The molecule has 2 fully saturated rings. The minimum Gasteiger partial charge on any atom is -0.356 e. The van der Waals surface area contributed by atoms with Crippen LogP contribution in [0.3, 0.4) is 0 Å². The Hall–Kier alpha value is -1.44. The lowest BCUT2D eigenvalue weighted by atomic mass is 9.87. The van der Waals surface area contributed by atoms with Gasteiger partial charge in [0.05, 0.1) is 4.90 Å². The number of hydrogen-bond acceptors (Lipinski definition) is 4.